The van der Waals surface area contributed by atoms with E-state index < -0.39 is 0 Å². The van der Waals surface area contributed by atoms with Crippen LogP contribution in [0.25, 0.3) is 0 Å². The Kier molecular flexibility index (Phi) is 3.34. The van der Waals surface area contributed by atoms with E-state index >= 15 is 0 Å². The summed E-state index contributed by atoms with van der Waals surface area (Å²) in [6.45, 7) is 2.24. The highest BCUT2D eigenvalue weighted by Crippen LogP contribution is 2.30. The number of hydrogen-bond acceptors (Lipinski definition) is 5. The number of thiazole rings is 1. The molecule has 0 saturated heterocycles. The molecule has 1 aromatic carbocycles. The standard InChI is InChI=1S/C14H14N4O2S/c1-8(19)18-5-4-9-6-10(2-3-12(9)18)16-13(20)11-7-21-14(15)17-11/h2-3,6-7H,4-5H2,1H3,(H2,15,17)(H,16,20). The van der Waals surface area contributed by atoms with Crippen LogP contribution in [0.4, 0.5) is 16.5 Å². The minimum Gasteiger partial charge on any atom is -0.375 e. The first-order valence-electron chi connectivity index (χ1n) is 6.48. The number of nitrogen functional groups attached to an aromatic ring is 1. The number of nitrogens with two attached hydrogens (primary N) is 1. The molecule has 0 saturated carbocycles. The average molecular weight is 302 g/mol. The number of benzene rings is 1. The van der Waals surface area contributed by atoms with Crippen LogP contribution in [0.2, 0.25) is 0 Å². The number of carbonyl (C=O) groups is 2. The molecule has 21 heavy (non-hydrogen) atoms. The van der Waals surface area contributed by atoms with Gasteiger partial charge in [-0.15, -0.1) is 11.3 Å². The first-order valence-corrected chi connectivity index (χ1v) is 7.36. The van der Waals surface area contributed by atoms with Crippen molar-refractivity contribution < 1.29 is 9.59 Å². The maximum atomic E-state index is 12.0. The van der Waals surface area contributed by atoms with Gasteiger partial charge in [0.25, 0.3) is 5.91 Å². The number of carbonyl (C=O) groups excluding carboxylic acids is 2. The number of hydrogen-bond donors (Lipinski definition) is 2. The third kappa shape index (κ3) is 2.59. The van der Waals surface area contributed by atoms with Gasteiger partial charge in [-0.2, -0.15) is 0 Å². The van der Waals surface area contributed by atoms with Crippen molar-refractivity contribution in [1.82, 2.24) is 4.98 Å². The van der Waals surface area contributed by atoms with Crippen LogP contribution in [0, 0.1) is 0 Å². The van der Waals surface area contributed by atoms with Crippen LogP contribution in [-0.4, -0.2) is 23.3 Å². The Morgan fingerprint density at radius 3 is 2.90 bits per heavy atom. The number of anilines is 3. The van der Waals surface area contributed by atoms with Crippen molar-refractivity contribution in [1.29, 1.82) is 0 Å². The fraction of sp³-hybridized carbons (Fsp3) is 0.214. The lowest BCUT2D eigenvalue weighted by Gasteiger charge is -2.14. The molecule has 0 bridgehead atoms. The van der Waals surface area contributed by atoms with Gasteiger partial charge in [0.1, 0.15) is 5.69 Å². The number of aromatic nitrogens is 1. The lowest BCUT2D eigenvalue weighted by Crippen LogP contribution is -2.25. The lowest BCUT2D eigenvalue weighted by atomic mass is 10.1. The Bertz CT molecular complexity index is 726. The van der Waals surface area contributed by atoms with Crippen LogP contribution >= 0.6 is 11.3 Å². The zero-order chi connectivity index (χ0) is 15.0. The predicted octanol–water partition coefficient (Wildman–Crippen LogP) is 1.89. The van der Waals surface area contributed by atoms with Gasteiger partial charge in [-0.1, -0.05) is 0 Å². The van der Waals surface area contributed by atoms with E-state index in [4.69, 9.17) is 5.73 Å². The van der Waals surface area contributed by atoms with E-state index in [2.05, 4.69) is 10.3 Å². The summed E-state index contributed by atoms with van der Waals surface area (Å²) >= 11 is 1.23. The molecule has 3 rings (SSSR count). The Hall–Kier alpha value is -2.41. The van der Waals surface area contributed by atoms with Gasteiger partial charge in [0.05, 0.1) is 0 Å². The molecule has 2 heterocycles. The summed E-state index contributed by atoms with van der Waals surface area (Å²) < 4.78 is 0. The molecule has 7 heteroatoms. The summed E-state index contributed by atoms with van der Waals surface area (Å²) in [5, 5.41) is 4.78. The van der Waals surface area contributed by atoms with Gasteiger partial charge in [0.15, 0.2) is 5.13 Å². The molecular formula is C14H14N4O2S. The maximum Gasteiger partial charge on any atom is 0.275 e. The Labute approximate surface area is 125 Å². The third-order valence-corrected chi connectivity index (χ3v) is 4.04. The summed E-state index contributed by atoms with van der Waals surface area (Å²) in [4.78, 5) is 29.2. The van der Waals surface area contributed by atoms with Gasteiger partial charge in [0.2, 0.25) is 5.91 Å². The molecule has 3 N–H and O–H groups in total. The van der Waals surface area contributed by atoms with Crippen LogP contribution < -0.4 is 16.0 Å². The van der Waals surface area contributed by atoms with E-state index in [-0.39, 0.29) is 11.8 Å². The van der Waals surface area contributed by atoms with Crippen LogP contribution in [0.15, 0.2) is 23.6 Å². The summed E-state index contributed by atoms with van der Waals surface area (Å²) in [7, 11) is 0. The molecule has 2 amide bonds. The summed E-state index contributed by atoms with van der Waals surface area (Å²) in [5.41, 5.74) is 8.49. The largest absolute Gasteiger partial charge is 0.375 e. The highest BCUT2D eigenvalue weighted by Gasteiger charge is 2.22. The number of nitrogens with zero attached hydrogens (tertiary/aromatic N) is 2. The van der Waals surface area contributed by atoms with Crippen molar-refractivity contribution in [3.8, 4) is 0 Å². The molecule has 1 aliphatic heterocycles. The van der Waals surface area contributed by atoms with Crippen molar-refractivity contribution in [2.75, 3.05) is 22.5 Å². The minimum atomic E-state index is -0.288. The van der Waals surface area contributed by atoms with Crippen molar-refractivity contribution in [2.45, 2.75) is 13.3 Å². The maximum absolute atomic E-state index is 12.0. The van der Waals surface area contributed by atoms with Crippen molar-refractivity contribution in [3.63, 3.8) is 0 Å². The van der Waals surface area contributed by atoms with Gasteiger partial charge < -0.3 is 16.0 Å². The molecule has 0 unspecified atom stereocenters. The summed E-state index contributed by atoms with van der Waals surface area (Å²) in [6.07, 6.45) is 0.794. The molecule has 6 nitrogen and oxygen atoms in total. The molecule has 1 aromatic heterocycles. The highest BCUT2D eigenvalue weighted by molar-refractivity contribution is 7.13. The fourth-order valence-electron chi connectivity index (χ4n) is 2.39. The lowest BCUT2D eigenvalue weighted by molar-refractivity contribution is -0.116. The smallest absolute Gasteiger partial charge is 0.275 e. The first-order chi connectivity index (χ1) is 10.0. The van der Waals surface area contributed by atoms with E-state index in [1.807, 2.05) is 12.1 Å². The Morgan fingerprint density at radius 1 is 1.43 bits per heavy atom. The second kappa shape index (κ2) is 5.17. The van der Waals surface area contributed by atoms with Crippen LogP contribution in [0.1, 0.15) is 23.0 Å². The van der Waals surface area contributed by atoms with Crippen molar-refractivity contribution >= 4 is 39.7 Å². The zero-order valence-corrected chi connectivity index (χ0v) is 12.2. The van der Waals surface area contributed by atoms with Crippen LogP contribution in [-0.2, 0) is 11.2 Å². The highest BCUT2D eigenvalue weighted by atomic mass is 32.1. The topological polar surface area (TPSA) is 88.3 Å². The normalized spacial score (nSPS) is 13.1. The molecule has 108 valence electrons. The SMILES string of the molecule is CC(=O)N1CCc2cc(NC(=O)c3csc(N)n3)ccc21. The molecule has 0 radical (unpaired) electrons. The molecule has 0 atom stereocenters. The zero-order valence-electron chi connectivity index (χ0n) is 11.4. The van der Waals surface area contributed by atoms with Gasteiger partial charge >= 0.3 is 0 Å². The molecule has 1 aliphatic rings. The third-order valence-electron chi connectivity index (χ3n) is 3.37. The molecule has 0 fully saturated rings. The Morgan fingerprint density at radius 2 is 2.24 bits per heavy atom. The summed E-state index contributed by atoms with van der Waals surface area (Å²) in [5.74, 6) is -0.257. The van der Waals surface area contributed by atoms with E-state index in [9.17, 15) is 9.59 Å². The molecular weight excluding hydrogens is 288 g/mol. The summed E-state index contributed by atoms with van der Waals surface area (Å²) in [6, 6.07) is 5.54. The molecule has 0 spiro atoms. The van der Waals surface area contributed by atoms with Gasteiger partial charge in [-0.25, -0.2) is 4.98 Å². The number of fused-ring (bicyclic) bond motifs is 1. The van der Waals surface area contributed by atoms with E-state index in [0.29, 0.717) is 23.1 Å². The minimum absolute atomic E-state index is 0.0310. The average Bonchev–Trinajstić information content (AvgIpc) is 3.04. The van der Waals surface area contributed by atoms with Gasteiger partial charge in [-0.05, 0) is 30.2 Å². The quantitative estimate of drug-likeness (QED) is 0.886. The second-order valence-corrected chi connectivity index (χ2v) is 5.68. The number of rotatable bonds is 2. The van der Waals surface area contributed by atoms with Gasteiger partial charge in [-0.3, -0.25) is 9.59 Å². The number of nitrogens with one attached hydrogen (secondary N) is 1. The molecule has 2 aromatic rings. The predicted molar refractivity (Wildman–Crippen MR) is 82.7 cm³/mol. The van der Waals surface area contributed by atoms with E-state index in [1.54, 1.807) is 23.3 Å². The molecule has 0 aliphatic carbocycles. The van der Waals surface area contributed by atoms with Crippen molar-refractivity contribution in [3.05, 3.63) is 34.8 Å². The van der Waals surface area contributed by atoms with Gasteiger partial charge in [0, 0.05) is 30.2 Å². The Balaban J connectivity index is 1.79. The first kappa shape index (κ1) is 13.6. The van der Waals surface area contributed by atoms with Crippen LogP contribution in [0.3, 0.4) is 0 Å². The monoisotopic (exact) mass is 302 g/mol. The second-order valence-electron chi connectivity index (χ2n) is 4.79. The van der Waals surface area contributed by atoms with Crippen LogP contribution in [0.5, 0.6) is 0 Å². The van der Waals surface area contributed by atoms with E-state index in [0.717, 1.165) is 17.7 Å². The van der Waals surface area contributed by atoms with E-state index in [1.165, 1.54) is 11.3 Å². The number of amides is 2. The van der Waals surface area contributed by atoms with Crippen molar-refractivity contribution in [2.24, 2.45) is 0 Å². The fourth-order valence-corrected chi connectivity index (χ4v) is 2.94.